The van der Waals surface area contributed by atoms with Crippen molar-refractivity contribution in [2.45, 2.75) is 25.7 Å². The first-order valence-electron chi connectivity index (χ1n) is 6.70. The first kappa shape index (κ1) is 12.0. The molecular weight excluding hydrogens is 236 g/mol. The van der Waals surface area contributed by atoms with Crippen LogP contribution in [-0.2, 0) is 12.8 Å². The molecule has 0 fully saturated rings. The van der Waals surface area contributed by atoms with Gasteiger partial charge in [0.2, 0.25) is 5.88 Å². The number of nitrogens with zero attached hydrogens (tertiary/aromatic N) is 1. The largest absolute Gasteiger partial charge is 0.481 e. The third kappa shape index (κ3) is 2.16. The first-order valence-corrected chi connectivity index (χ1v) is 6.70. The Bertz CT molecular complexity index is 608. The van der Waals surface area contributed by atoms with Crippen molar-refractivity contribution in [3.05, 3.63) is 41.6 Å². The van der Waals surface area contributed by atoms with Crippen molar-refractivity contribution in [2.24, 2.45) is 0 Å². The van der Waals surface area contributed by atoms with Gasteiger partial charge in [-0.15, -0.1) is 0 Å². The van der Waals surface area contributed by atoms with E-state index in [-0.39, 0.29) is 0 Å². The number of hydrogen-bond acceptors (Lipinski definition) is 3. The Hall–Kier alpha value is -2.03. The molecule has 1 aliphatic rings. The van der Waals surface area contributed by atoms with Gasteiger partial charge < -0.3 is 10.5 Å². The standard InChI is InChI=1S/C16H18N2O/c1-19-15-10-12(8-9-18-15)14-7-6-11-4-2-3-5-13(11)16(14)17/h6-10H,2-5,17H2,1H3. The number of fused-ring (bicyclic) bond motifs is 1. The van der Waals surface area contributed by atoms with Gasteiger partial charge in [0.25, 0.3) is 0 Å². The third-order valence-corrected chi connectivity index (χ3v) is 3.83. The van der Waals surface area contributed by atoms with Gasteiger partial charge in [-0.1, -0.05) is 12.1 Å². The predicted molar refractivity (Wildman–Crippen MR) is 77.3 cm³/mol. The summed E-state index contributed by atoms with van der Waals surface area (Å²) >= 11 is 0. The Kier molecular flexibility index (Phi) is 3.11. The van der Waals surface area contributed by atoms with Crippen LogP contribution < -0.4 is 10.5 Å². The van der Waals surface area contributed by atoms with Crippen LogP contribution >= 0.6 is 0 Å². The van der Waals surface area contributed by atoms with Crippen LogP contribution in [0.25, 0.3) is 11.1 Å². The second-order valence-corrected chi connectivity index (χ2v) is 4.96. The molecule has 0 aliphatic heterocycles. The van der Waals surface area contributed by atoms with Crippen LogP contribution in [0, 0.1) is 0 Å². The number of aryl methyl sites for hydroxylation is 1. The maximum Gasteiger partial charge on any atom is 0.213 e. The van der Waals surface area contributed by atoms with Crippen LogP contribution in [0.1, 0.15) is 24.0 Å². The van der Waals surface area contributed by atoms with Gasteiger partial charge in [-0.2, -0.15) is 0 Å². The van der Waals surface area contributed by atoms with Gasteiger partial charge in [-0.05, 0) is 48.4 Å². The number of aromatic nitrogens is 1. The van der Waals surface area contributed by atoms with Gasteiger partial charge in [0.1, 0.15) is 0 Å². The van der Waals surface area contributed by atoms with Crippen LogP contribution in [0.15, 0.2) is 30.5 Å². The average Bonchev–Trinajstić information content (AvgIpc) is 2.48. The molecule has 2 aromatic rings. The number of methoxy groups -OCH3 is 1. The Morgan fingerprint density at radius 3 is 2.84 bits per heavy atom. The van der Waals surface area contributed by atoms with Crippen LogP contribution in [0.3, 0.4) is 0 Å². The maximum atomic E-state index is 6.37. The molecule has 1 aliphatic carbocycles. The summed E-state index contributed by atoms with van der Waals surface area (Å²) in [5, 5.41) is 0. The van der Waals surface area contributed by atoms with Crippen molar-refractivity contribution in [1.29, 1.82) is 0 Å². The average molecular weight is 254 g/mol. The quantitative estimate of drug-likeness (QED) is 0.837. The summed E-state index contributed by atoms with van der Waals surface area (Å²) in [5.74, 6) is 0.620. The van der Waals surface area contributed by atoms with Crippen LogP contribution in [0.4, 0.5) is 5.69 Å². The van der Waals surface area contributed by atoms with Crippen molar-refractivity contribution >= 4 is 5.69 Å². The van der Waals surface area contributed by atoms with Gasteiger partial charge in [0.05, 0.1) is 7.11 Å². The molecule has 0 saturated heterocycles. The number of nitrogens with two attached hydrogens (primary N) is 1. The highest BCUT2D eigenvalue weighted by molar-refractivity contribution is 5.80. The zero-order chi connectivity index (χ0) is 13.2. The van der Waals surface area contributed by atoms with Crippen molar-refractivity contribution in [3.63, 3.8) is 0 Å². The zero-order valence-electron chi connectivity index (χ0n) is 11.1. The highest BCUT2D eigenvalue weighted by atomic mass is 16.5. The van der Waals surface area contributed by atoms with E-state index in [9.17, 15) is 0 Å². The summed E-state index contributed by atoms with van der Waals surface area (Å²) in [4.78, 5) is 4.14. The maximum absolute atomic E-state index is 6.37. The number of nitrogen functional groups attached to an aromatic ring is 1. The molecule has 0 atom stereocenters. The molecule has 19 heavy (non-hydrogen) atoms. The van der Waals surface area contributed by atoms with E-state index < -0.39 is 0 Å². The molecule has 3 nitrogen and oxygen atoms in total. The smallest absolute Gasteiger partial charge is 0.213 e. The molecule has 1 heterocycles. The minimum atomic E-state index is 0.620. The lowest BCUT2D eigenvalue weighted by Crippen LogP contribution is -2.07. The Labute approximate surface area is 113 Å². The summed E-state index contributed by atoms with van der Waals surface area (Å²) < 4.78 is 5.18. The predicted octanol–water partition coefficient (Wildman–Crippen LogP) is 3.22. The molecule has 0 saturated carbocycles. The number of ether oxygens (including phenoxy) is 1. The minimum absolute atomic E-state index is 0.620. The van der Waals surface area contributed by atoms with Gasteiger partial charge >= 0.3 is 0 Å². The van der Waals surface area contributed by atoms with E-state index in [0.717, 1.165) is 29.7 Å². The highest BCUT2D eigenvalue weighted by Gasteiger charge is 2.15. The lowest BCUT2D eigenvalue weighted by Gasteiger charge is -2.20. The summed E-state index contributed by atoms with van der Waals surface area (Å²) in [5.41, 5.74) is 12.2. The third-order valence-electron chi connectivity index (χ3n) is 3.83. The molecule has 0 amide bonds. The summed E-state index contributed by atoms with van der Waals surface area (Å²) in [6.45, 7) is 0. The monoisotopic (exact) mass is 254 g/mol. The molecule has 98 valence electrons. The van der Waals surface area contributed by atoms with E-state index in [4.69, 9.17) is 10.5 Å². The van der Waals surface area contributed by atoms with Crippen LogP contribution in [-0.4, -0.2) is 12.1 Å². The van der Waals surface area contributed by atoms with Crippen LogP contribution in [0.2, 0.25) is 0 Å². The number of benzene rings is 1. The first-order chi connectivity index (χ1) is 9.29. The minimum Gasteiger partial charge on any atom is -0.481 e. The van der Waals surface area contributed by atoms with E-state index in [1.807, 2.05) is 12.1 Å². The highest BCUT2D eigenvalue weighted by Crippen LogP contribution is 2.35. The van der Waals surface area contributed by atoms with E-state index in [0.29, 0.717) is 5.88 Å². The van der Waals surface area contributed by atoms with E-state index in [1.165, 1.54) is 24.0 Å². The molecule has 3 heteroatoms. The second-order valence-electron chi connectivity index (χ2n) is 4.96. The van der Waals surface area contributed by atoms with Crippen LogP contribution in [0.5, 0.6) is 5.88 Å². The lowest BCUT2D eigenvalue weighted by molar-refractivity contribution is 0.398. The summed E-state index contributed by atoms with van der Waals surface area (Å²) in [6.07, 6.45) is 6.51. The Balaban J connectivity index is 2.09. The topological polar surface area (TPSA) is 48.1 Å². The van der Waals surface area contributed by atoms with Gasteiger partial charge in [-0.25, -0.2) is 4.98 Å². The molecular formula is C16H18N2O. The fraction of sp³-hybridized carbons (Fsp3) is 0.312. The molecule has 1 aromatic carbocycles. The lowest BCUT2D eigenvalue weighted by atomic mass is 9.87. The zero-order valence-corrected chi connectivity index (χ0v) is 11.1. The van der Waals surface area contributed by atoms with Gasteiger partial charge in [0.15, 0.2) is 0 Å². The van der Waals surface area contributed by atoms with E-state index in [2.05, 4.69) is 17.1 Å². The second kappa shape index (κ2) is 4.92. The SMILES string of the molecule is COc1cc(-c2ccc3c(c2N)CCCC3)ccn1. The van der Waals surface area contributed by atoms with Crippen molar-refractivity contribution < 1.29 is 4.74 Å². The Morgan fingerprint density at radius 1 is 1.16 bits per heavy atom. The molecule has 0 radical (unpaired) electrons. The molecule has 0 spiro atoms. The molecule has 3 rings (SSSR count). The molecule has 0 bridgehead atoms. The molecule has 1 aromatic heterocycles. The van der Waals surface area contributed by atoms with Gasteiger partial charge in [0, 0.05) is 23.5 Å². The van der Waals surface area contributed by atoms with Gasteiger partial charge in [-0.3, -0.25) is 0 Å². The van der Waals surface area contributed by atoms with Crippen molar-refractivity contribution in [3.8, 4) is 17.0 Å². The van der Waals surface area contributed by atoms with Crippen molar-refractivity contribution in [2.75, 3.05) is 12.8 Å². The number of pyridine rings is 1. The Morgan fingerprint density at radius 2 is 2.00 bits per heavy atom. The molecule has 0 unspecified atom stereocenters. The number of anilines is 1. The summed E-state index contributed by atoms with van der Waals surface area (Å²) in [7, 11) is 1.63. The normalized spacial score (nSPS) is 13.9. The fourth-order valence-electron chi connectivity index (χ4n) is 2.80. The summed E-state index contributed by atoms with van der Waals surface area (Å²) in [6, 6.07) is 8.24. The fourth-order valence-corrected chi connectivity index (χ4v) is 2.80. The van der Waals surface area contributed by atoms with E-state index in [1.54, 1.807) is 13.3 Å². The van der Waals surface area contributed by atoms with Crippen molar-refractivity contribution in [1.82, 2.24) is 4.98 Å². The molecule has 2 N–H and O–H groups in total. The van der Waals surface area contributed by atoms with E-state index >= 15 is 0 Å². The number of hydrogen-bond donors (Lipinski definition) is 1. The number of rotatable bonds is 2.